The number of carbonyl (C=O) groups is 3. The molecule has 28 heavy (non-hydrogen) atoms. The molecule has 0 bridgehead atoms. The number of nitrogens with one attached hydrogen (secondary N) is 2. The van der Waals surface area contributed by atoms with Crippen LogP contribution in [-0.2, 0) is 23.9 Å². The number of nitrogens with zero attached hydrogens (tertiary/aromatic N) is 1. The predicted octanol–water partition coefficient (Wildman–Crippen LogP) is 3.19. The second-order valence-corrected chi connectivity index (χ2v) is 6.30. The molecule has 0 atom stereocenters. The van der Waals surface area contributed by atoms with E-state index in [1.54, 1.807) is 32.0 Å². The van der Waals surface area contributed by atoms with Gasteiger partial charge >= 0.3 is 11.9 Å². The molecule has 2 aromatic rings. The molecule has 1 aromatic carbocycles. The number of rotatable bonds is 8. The van der Waals surface area contributed by atoms with Crippen molar-refractivity contribution in [2.45, 2.75) is 20.8 Å². The summed E-state index contributed by atoms with van der Waals surface area (Å²) >= 11 is 1.32. The summed E-state index contributed by atoms with van der Waals surface area (Å²) < 4.78 is 9.79. The van der Waals surface area contributed by atoms with Gasteiger partial charge in [-0.05, 0) is 26.0 Å². The maximum absolute atomic E-state index is 12.0. The molecule has 0 spiro atoms. The number of ether oxygens (including phenoxy) is 2. The molecule has 2 rings (SSSR count). The number of anilines is 2. The number of benzene rings is 1. The van der Waals surface area contributed by atoms with Crippen molar-refractivity contribution in [1.82, 2.24) is 4.98 Å². The second-order valence-electron chi connectivity index (χ2n) is 5.44. The Bertz CT molecular complexity index is 871. The minimum absolute atomic E-state index is 0.144. The number of amides is 1. The lowest BCUT2D eigenvalue weighted by Crippen LogP contribution is -2.19. The molecule has 0 aliphatic heterocycles. The van der Waals surface area contributed by atoms with E-state index in [0.29, 0.717) is 16.5 Å². The van der Waals surface area contributed by atoms with Gasteiger partial charge < -0.3 is 20.1 Å². The molecular formula is C19H21N3O5S. The van der Waals surface area contributed by atoms with Crippen molar-refractivity contribution < 1.29 is 23.9 Å². The summed E-state index contributed by atoms with van der Waals surface area (Å²) in [5.41, 5.74) is 1.91. The monoisotopic (exact) mass is 403 g/mol. The van der Waals surface area contributed by atoms with Crippen LogP contribution in [0.2, 0.25) is 0 Å². The molecule has 0 fully saturated rings. The number of carbonyl (C=O) groups excluding carboxylic acids is 3. The minimum Gasteiger partial charge on any atom is -0.462 e. The van der Waals surface area contributed by atoms with Gasteiger partial charge in [0.25, 0.3) is 0 Å². The van der Waals surface area contributed by atoms with Crippen molar-refractivity contribution in [3.63, 3.8) is 0 Å². The smallest absolute Gasteiger partial charge is 0.347 e. The van der Waals surface area contributed by atoms with Crippen LogP contribution >= 0.6 is 11.3 Å². The van der Waals surface area contributed by atoms with Crippen LogP contribution in [0.1, 0.15) is 20.8 Å². The molecular weight excluding hydrogens is 382 g/mol. The quantitative estimate of drug-likeness (QED) is 0.302. The lowest BCUT2D eigenvalue weighted by atomic mass is 10.1. The fourth-order valence-corrected chi connectivity index (χ4v) is 2.92. The summed E-state index contributed by atoms with van der Waals surface area (Å²) in [6.07, 6.45) is 1.26. The fraction of sp³-hybridized carbons (Fsp3) is 0.263. The van der Waals surface area contributed by atoms with E-state index in [9.17, 15) is 14.4 Å². The van der Waals surface area contributed by atoms with Crippen LogP contribution in [0, 0.1) is 0 Å². The van der Waals surface area contributed by atoms with Gasteiger partial charge in [0.05, 0.1) is 18.9 Å². The second kappa shape index (κ2) is 10.2. The first-order chi connectivity index (χ1) is 13.4. The Labute approximate surface area is 166 Å². The number of thiazole rings is 1. The molecule has 0 saturated carbocycles. The van der Waals surface area contributed by atoms with Gasteiger partial charge in [-0.15, -0.1) is 11.3 Å². The number of hydrogen-bond donors (Lipinski definition) is 2. The molecule has 0 saturated heterocycles. The predicted molar refractivity (Wildman–Crippen MR) is 107 cm³/mol. The molecule has 148 valence electrons. The SMILES string of the molecule is CCOC(=O)C(=CNc1cccc(-c2csc(NC(C)=O)n2)c1)C(=O)OCC. The third-order valence-electron chi connectivity index (χ3n) is 3.32. The van der Waals surface area contributed by atoms with Crippen LogP contribution in [0.3, 0.4) is 0 Å². The summed E-state index contributed by atoms with van der Waals surface area (Å²) in [5.74, 6) is -1.71. The standard InChI is InChI=1S/C19H21N3O5S/c1-4-26-17(24)15(18(25)27-5-2)10-20-14-8-6-7-13(9-14)16-11-28-19(22-16)21-12(3)23/h6-11,20H,4-5H2,1-3H3,(H,21,22,23). The topological polar surface area (TPSA) is 107 Å². The Morgan fingerprint density at radius 3 is 2.43 bits per heavy atom. The summed E-state index contributed by atoms with van der Waals surface area (Å²) in [6, 6.07) is 7.24. The average molecular weight is 403 g/mol. The highest BCUT2D eigenvalue weighted by Crippen LogP contribution is 2.26. The third-order valence-corrected chi connectivity index (χ3v) is 4.08. The van der Waals surface area contributed by atoms with E-state index in [-0.39, 0.29) is 24.7 Å². The van der Waals surface area contributed by atoms with Crippen LogP contribution in [0.5, 0.6) is 0 Å². The third kappa shape index (κ3) is 5.92. The van der Waals surface area contributed by atoms with Gasteiger partial charge in [-0.2, -0.15) is 0 Å². The van der Waals surface area contributed by atoms with E-state index in [2.05, 4.69) is 15.6 Å². The molecule has 8 nitrogen and oxygen atoms in total. The first-order valence-corrected chi connectivity index (χ1v) is 9.47. The Morgan fingerprint density at radius 2 is 1.82 bits per heavy atom. The Kier molecular flexibility index (Phi) is 7.70. The molecule has 1 heterocycles. The largest absolute Gasteiger partial charge is 0.462 e. The maximum Gasteiger partial charge on any atom is 0.347 e. The van der Waals surface area contributed by atoms with E-state index in [4.69, 9.17) is 9.47 Å². The summed E-state index contributed by atoms with van der Waals surface area (Å²) in [5, 5.41) is 7.88. The zero-order valence-electron chi connectivity index (χ0n) is 15.8. The van der Waals surface area contributed by atoms with E-state index in [1.807, 2.05) is 11.4 Å². The van der Waals surface area contributed by atoms with Crippen molar-refractivity contribution >= 4 is 40.0 Å². The lowest BCUT2D eigenvalue weighted by Gasteiger charge is -2.08. The number of esters is 2. The van der Waals surface area contributed by atoms with Crippen molar-refractivity contribution in [2.75, 3.05) is 23.8 Å². The molecule has 0 unspecified atom stereocenters. The molecule has 0 aliphatic rings. The maximum atomic E-state index is 12.0. The van der Waals surface area contributed by atoms with E-state index in [0.717, 1.165) is 5.56 Å². The molecule has 1 aromatic heterocycles. The van der Waals surface area contributed by atoms with Gasteiger partial charge in [0.1, 0.15) is 0 Å². The van der Waals surface area contributed by atoms with Gasteiger partial charge in [0, 0.05) is 29.8 Å². The zero-order chi connectivity index (χ0) is 20.5. The first-order valence-electron chi connectivity index (χ1n) is 8.59. The van der Waals surface area contributed by atoms with Gasteiger partial charge in [0.15, 0.2) is 10.7 Å². The normalized spacial score (nSPS) is 9.96. The molecule has 0 aliphatic carbocycles. The summed E-state index contributed by atoms with van der Waals surface area (Å²) in [4.78, 5) is 39.5. The van der Waals surface area contributed by atoms with Crippen LogP contribution in [0.15, 0.2) is 41.4 Å². The van der Waals surface area contributed by atoms with Crippen LogP contribution < -0.4 is 10.6 Å². The average Bonchev–Trinajstić information content (AvgIpc) is 3.10. The van der Waals surface area contributed by atoms with Gasteiger partial charge in [-0.3, -0.25) is 4.79 Å². The molecule has 9 heteroatoms. The van der Waals surface area contributed by atoms with E-state index < -0.39 is 11.9 Å². The highest BCUT2D eigenvalue weighted by molar-refractivity contribution is 7.14. The van der Waals surface area contributed by atoms with Crippen molar-refractivity contribution in [3.05, 3.63) is 41.4 Å². The highest BCUT2D eigenvalue weighted by Gasteiger charge is 2.20. The zero-order valence-corrected chi connectivity index (χ0v) is 16.6. The van der Waals surface area contributed by atoms with Crippen LogP contribution in [0.4, 0.5) is 10.8 Å². The Hall–Kier alpha value is -3.20. The van der Waals surface area contributed by atoms with E-state index >= 15 is 0 Å². The van der Waals surface area contributed by atoms with Gasteiger partial charge in [0.2, 0.25) is 5.91 Å². The Morgan fingerprint density at radius 1 is 1.14 bits per heavy atom. The Balaban J connectivity index is 2.21. The van der Waals surface area contributed by atoms with E-state index in [1.165, 1.54) is 24.5 Å². The summed E-state index contributed by atoms with van der Waals surface area (Å²) in [7, 11) is 0. The summed E-state index contributed by atoms with van der Waals surface area (Å²) in [6.45, 7) is 5.01. The number of hydrogen-bond acceptors (Lipinski definition) is 8. The molecule has 0 radical (unpaired) electrons. The van der Waals surface area contributed by atoms with Crippen molar-refractivity contribution in [2.24, 2.45) is 0 Å². The van der Waals surface area contributed by atoms with Crippen molar-refractivity contribution in [3.8, 4) is 11.3 Å². The fourth-order valence-electron chi connectivity index (χ4n) is 2.16. The number of aromatic nitrogens is 1. The van der Waals surface area contributed by atoms with Crippen LogP contribution in [-0.4, -0.2) is 36.0 Å². The first kappa shape index (κ1) is 21.1. The molecule has 2 N–H and O–H groups in total. The lowest BCUT2D eigenvalue weighted by molar-refractivity contribution is -0.146. The highest BCUT2D eigenvalue weighted by atomic mass is 32.1. The van der Waals surface area contributed by atoms with Gasteiger partial charge in [-0.25, -0.2) is 14.6 Å². The molecule has 1 amide bonds. The van der Waals surface area contributed by atoms with Crippen LogP contribution in [0.25, 0.3) is 11.3 Å². The minimum atomic E-state index is -0.760. The van der Waals surface area contributed by atoms with Gasteiger partial charge in [-0.1, -0.05) is 12.1 Å². The van der Waals surface area contributed by atoms with Crippen molar-refractivity contribution in [1.29, 1.82) is 0 Å².